The van der Waals surface area contributed by atoms with Gasteiger partial charge in [0.1, 0.15) is 0 Å². The summed E-state index contributed by atoms with van der Waals surface area (Å²) in [6, 6.07) is 12.7. The Labute approximate surface area is 155 Å². The summed E-state index contributed by atoms with van der Waals surface area (Å²) < 4.78 is 1.07. The predicted molar refractivity (Wildman–Crippen MR) is 107 cm³/mol. The number of hydrazone groups is 1. The van der Waals surface area contributed by atoms with E-state index in [4.69, 9.17) is 0 Å². The molecular formula is C18H19N5O2S. The highest BCUT2D eigenvalue weighted by Crippen LogP contribution is 2.26. The molecular weight excluding hydrogens is 350 g/mol. The third kappa shape index (κ3) is 3.80. The van der Waals surface area contributed by atoms with E-state index in [1.54, 1.807) is 12.3 Å². The minimum atomic E-state index is -0.398. The third-order valence-corrected chi connectivity index (χ3v) is 4.92. The topological polar surface area (TPSA) is 83.7 Å². The molecule has 0 radical (unpaired) electrons. The number of aromatic nitrogens is 1. The number of nitro benzene ring substituents is 1. The van der Waals surface area contributed by atoms with Crippen LogP contribution in [0.2, 0.25) is 0 Å². The van der Waals surface area contributed by atoms with Crippen molar-refractivity contribution >= 4 is 44.3 Å². The minimum absolute atomic E-state index is 0.0438. The van der Waals surface area contributed by atoms with Gasteiger partial charge in [-0.3, -0.25) is 15.5 Å². The van der Waals surface area contributed by atoms with E-state index in [9.17, 15) is 10.1 Å². The standard InChI is InChI=1S/C18H19N5O2S/c1-3-22(4-2)16-10-9-14(23(24)25)11-13(16)12-19-21-18-20-15-7-5-6-8-17(15)26-18/h5-12H,3-4H2,1-2H3,(H,20,21)/b19-12-. The second-order valence-electron chi connectivity index (χ2n) is 5.53. The van der Waals surface area contributed by atoms with Gasteiger partial charge in [-0.05, 0) is 32.0 Å². The van der Waals surface area contributed by atoms with Gasteiger partial charge < -0.3 is 4.90 Å². The second kappa shape index (κ2) is 7.92. The number of hydrogen-bond acceptors (Lipinski definition) is 7. The van der Waals surface area contributed by atoms with Crippen LogP contribution in [0.3, 0.4) is 0 Å². The van der Waals surface area contributed by atoms with Gasteiger partial charge in [0.25, 0.3) is 5.69 Å². The normalized spacial score (nSPS) is 11.2. The number of para-hydroxylation sites is 1. The zero-order valence-electron chi connectivity index (χ0n) is 14.5. The Bertz CT molecular complexity index is 917. The smallest absolute Gasteiger partial charge is 0.270 e. The van der Waals surface area contributed by atoms with Crippen molar-refractivity contribution < 1.29 is 4.92 Å². The Morgan fingerprint density at radius 2 is 2.04 bits per heavy atom. The summed E-state index contributed by atoms with van der Waals surface area (Å²) >= 11 is 1.51. The molecule has 0 aliphatic rings. The lowest BCUT2D eigenvalue weighted by Crippen LogP contribution is -2.23. The monoisotopic (exact) mass is 369 g/mol. The van der Waals surface area contributed by atoms with Crippen LogP contribution in [0.4, 0.5) is 16.5 Å². The second-order valence-corrected chi connectivity index (χ2v) is 6.56. The molecule has 2 aromatic carbocycles. The summed E-state index contributed by atoms with van der Waals surface area (Å²) in [5.74, 6) is 0. The van der Waals surface area contributed by atoms with Crippen LogP contribution in [0.5, 0.6) is 0 Å². The lowest BCUT2D eigenvalue weighted by molar-refractivity contribution is -0.384. The van der Waals surface area contributed by atoms with Crippen LogP contribution in [0.1, 0.15) is 19.4 Å². The fraction of sp³-hybridized carbons (Fsp3) is 0.222. The zero-order valence-corrected chi connectivity index (χ0v) is 15.4. The lowest BCUT2D eigenvalue weighted by Gasteiger charge is -2.22. The highest BCUT2D eigenvalue weighted by atomic mass is 32.1. The number of anilines is 2. The molecule has 0 atom stereocenters. The summed E-state index contributed by atoms with van der Waals surface area (Å²) in [7, 11) is 0. The minimum Gasteiger partial charge on any atom is -0.372 e. The van der Waals surface area contributed by atoms with Crippen molar-refractivity contribution in [2.24, 2.45) is 5.10 Å². The highest BCUT2D eigenvalue weighted by Gasteiger charge is 2.13. The molecule has 1 N–H and O–H groups in total. The average molecular weight is 369 g/mol. The Hall–Kier alpha value is -3.00. The molecule has 0 aliphatic carbocycles. The maximum absolute atomic E-state index is 11.1. The lowest BCUT2D eigenvalue weighted by atomic mass is 10.1. The van der Waals surface area contributed by atoms with Crippen molar-refractivity contribution in [2.75, 3.05) is 23.4 Å². The van der Waals surface area contributed by atoms with Crippen LogP contribution in [0.25, 0.3) is 10.2 Å². The van der Waals surface area contributed by atoms with Crippen molar-refractivity contribution in [3.05, 3.63) is 58.1 Å². The number of hydrogen-bond donors (Lipinski definition) is 1. The molecule has 1 heterocycles. The van der Waals surface area contributed by atoms with Crippen molar-refractivity contribution in [1.82, 2.24) is 4.98 Å². The molecule has 0 aliphatic heterocycles. The number of rotatable bonds is 7. The van der Waals surface area contributed by atoms with Crippen LogP contribution < -0.4 is 10.3 Å². The number of fused-ring (bicyclic) bond motifs is 1. The first-order valence-electron chi connectivity index (χ1n) is 8.30. The number of nitro groups is 1. The van der Waals surface area contributed by atoms with Gasteiger partial charge >= 0.3 is 0 Å². The average Bonchev–Trinajstić information content (AvgIpc) is 3.06. The fourth-order valence-electron chi connectivity index (χ4n) is 2.69. The molecule has 0 spiro atoms. The Morgan fingerprint density at radius 3 is 2.73 bits per heavy atom. The van der Waals surface area contributed by atoms with Gasteiger partial charge in [-0.25, -0.2) is 4.98 Å². The molecule has 0 amide bonds. The Balaban J connectivity index is 1.87. The zero-order chi connectivity index (χ0) is 18.5. The summed E-state index contributed by atoms with van der Waals surface area (Å²) in [6.45, 7) is 5.71. The van der Waals surface area contributed by atoms with Crippen LogP contribution in [-0.4, -0.2) is 29.2 Å². The van der Waals surface area contributed by atoms with Crippen LogP contribution in [0, 0.1) is 10.1 Å². The van der Waals surface area contributed by atoms with Crippen molar-refractivity contribution in [3.8, 4) is 0 Å². The van der Waals surface area contributed by atoms with E-state index in [1.165, 1.54) is 23.5 Å². The van der Waals surface area contributed by atoms with Gasteiger partial charge in [-0.1, -0.05) is 23.5 Å². The van der Waals surface area contributed by atoms with E-state index < -0.39 is 4.92 Å². The molecule has 0 unspecified atom stereocenters. The van der Waals surface area contributed by atoms with Gasteiger partial charge in [0.05, 0.1) is 21.4 Å². The van der Waals surface area contributed by atoms with E-state index in [2.05, 4.69) is 20.4 Å². The van der Waals surface area contributed by atoms with E-state index in [1.807, 2.05) is 38.1 Å². The molecule has 134 valence electrons. The van der Waals surface area contributed by atoms with Crippen LogP contribution in [0.15, 0.2) is 47.6 Å². The molecule has 26 heavy (non-hydrogen) atoms. The number of thiazole rings is 1. The molecule has 8 heteroatoms. The largest absolute Gasteiger partial charge is 0.372 e. The highest BCUT2D eigenvalue weighted by molar-refractivity contribution is 7.22. The molecule has 0 fully saturated rings. The summed E-state index contributed by atoms with van der Waals surface area (Å²) in [6.07, 6.45) is 1.60. The first-order chi connectivity index (χ1) is 12.6. The van der Waals surface area contributed by atoms with Gasteiger partial charge in [0.15, 0.2) is 0 Å². The fourth-order valence-corrected chi connectivity index (χ4v) is 3.50. The maximum Gasteiger partial charge on any atom is 0.270 e. The van der Waals surface area contributed by atoms with E-state index >= 15 is 0 Å². The summed E-state index contributed by atoms with van der Waals surface area (Å²) in [5, 5.41) is 16.0. The third-order valence-electron chi connectivity index (χ3n) is 3.98. The Kier molecular flexibility index (Phi) is 5.43. The number of nitrogens with zero attached hydrogens (tertiary/aromatic N) is 4. The van der Waals surface area contributed by atoms with Gasteiger partial charge in [0, 0.05) is 36.5 Å². The molecule has 0 saturated heterocycles. The number of nitrogens with one attached hydrogen (secondary N) is 1. The van der Waals surface area contributed by atoms with Gasteiger partial charge in [0.2, 0.25) is 5.13 Å². The molecule has 0 saturated carbocycles. The number of benzene rings is 2. The van der Waals surface area contributed by atoms with Crippen molar-refractivity contribution in [3.63, 3.8) is 0 Å². The van der Waals surface area contributed by atoms with Crippen LogP contribution >= 0.6 is 11.3 Å². The van der Waals surface area contributed by atoms with E-state index in [0.29, 0.717) is 10.7 Å². The first-order valence-corrected chi connectivity index (χ1v) is 9.12. The number of non-ortho nitro benzene ring substituents is 1. The van der Waals surface area contributed by atoms with Crippen molar-refractivity contribution in [2.45, 2.75) is 13.8 Å². The summed E-state index contributed by atoms with van der Waals surface area (Å²) in [5.41, 5.74) is 5.48. The molecule has 3 aromatic rings. The van der Waals surface area contributed by atoms with E-state index in [0.717, 1.165) is 29.0 Å². The van der Waals surface area contributed by atoms with Crippen LogP contribution in [-0.2, 0) is 0 Å². The molecule has 3 rings (SSSR count). The van der Waals surface area contributed by atoms with Crippen molar-refractivity contribution in [1.29, 1.82) is 0 Å². The van der Waals surface area contributed by atoms with Gasteiger partial charge in [-0.15, -0.1) is 0 Å². The van der Waals surface area contributed by atoms with Gasteiger partial charge in [-0.2, -0.15) is 5.10 Å². The first kappa shape index (κ1) is 17.8. The molecule has 1 aromatic heterocycles. The maximum atomic E-state index is 11.1. The SMILES string of the molecule is CCN(CC)c1ccc([N+](=O)[O-])cc1/C=N\Nc1nc2ccccc2s1. The summed E-state index contributed by atoms with van der Waals surface area (Å²) in [4.78, 5) is 17.3. The quantitative estimate of drug-likeness (QED) is 0.377. The molecule has 7 nitrogen and oxygen atoms in total. The predicted octanol–water partition coefficient (Wildman–Crippen LogP) is 4.50. The Morgan fingerprint density at radius 1 is 1.27 bits per heavy atom. The molecule has 0 bridgehead atoms. The van der Waals surface area contributed by atoms with E-state index in [-0.39, 0.29) is 5.69 Å².